The molecule has 0 aliphatic rings. The Balaban J connectivity index is 1.64. The average molecular weight is 364 g/mol. The van der Waals surface area contributed by atoms with Crippen molar-refractivity contribution in [3.8, 4) is 11.5 Å². The van der Waals surface area contributed by atoms with Gasteiger partial charge < -0.3 is 4.42 Å². The second-order valence-electron chi connectivity index (χ2n) is 5.57. The zero-order valence-electron chi connectivity index (χ0n) is 13.6. The van der Waals surface area contributed by atoms with Gasteiger partial charge in [0.1, 0.15) is 11.2 Å². The summed E-state index contributed by atoms with van der Waals surface area (Å²) in [5, 5.41) is 22.1. The van der Waals surface area contributed by atoms with Crippen LogP contribution in [0.25, 0.3) is 22.2 Å². The molecule has 0 fully saturated rings. The van der Waals surface area contributed by atoms with Crippen molar-refractivity contribution in [2.45, 2.75) is 17.2 Å². The van der Waals surface area contributed by atoms with Gasteiger partial charge in [-0.2, -0.15) is 0 Å². The monoisotopic (exact) mass is 364 g/mol. The van der Waals surface area contributed by atoms with Gasteiger partial charge in [0.15, 0.2) is 0 Å². The van der Waals surface area contributed by atoms with Crippen molar-refractivity contribution in [3.05, 3.63) is 70.4 Å². The molecule has 0 amide bonds. The fourth-order valence-electron chi connectivity index (χ4n) is 2.63. The molecule has 2 heterocycles. The van der Waals surface area contributed by atoms with E-state index in [4.69, 9.17) is 4.42 Å². The van der Waals surface area contributed by atoms with E-state index in [-0.39, 0.29) is 5.69 Å². The first-order valence-electron chi connectivity index (χ1n) is 7.72. The van der Waals surface area contributed by atoms with Gasteiger partial charge in [0.25, 0.3) is 10.9 Å². The van der Waals surface area contributed by atoms with E-state index in [2.05, 4.69) is 15.2 Å². The Morgan fingerprint density at radius 2 is 1.92 bits per heavy atom. The van der Waals surface area contributed by atoms with Crippen molar-refractivity contribution in [2.75, 3.05) is 0 Å². The zero-order chi connectivity index (χ0) is 18.1. The number of rotatable bonds is 4. The Labute approximate surface area is 152 Å². The highest BCUT2D eigenvalue weighted by Gasteiger charge is 2.16. The van der Waals surface area contributed by atoms with Crippen molar-refractivity contribution in [2.24, 2.45) is 0 Å². The number of aryl methyl sites for hydroxylation is 1. The van der Waals surface area contributed by atoms with Crippen LogP contribution in [0, 0.1) is 17.0 Å². The molecule has 0 N–H and O–H groups in total. The summed E-state index contributed by atoms with van der Waals surface area (Å²) in [6, 6.07) is 15.5. The quantitative estimate of drug-likeness (QED) is 0.384. The van der Waals surface area contributed by atoms with Gasteiger partial charge in [-0.3, -0.25) is 10.1 Å². The molecule has 2 aromatic heterocycles. The van der Waals surface area contributed by atoms with Gasteiger partial charge in [0.05, 0.1) is 4.92 Å². The number of nitrogens with zero attached hydrogens (tertiary/aromatic N) is 4. The van der Waals surface area contributed by atoms with E-state index in [0.717, 1.165) is 16.3 Å². The molecule has 0 aliphatic heterocycles. The Morgan fingerprint density at radius 1 is 1.12 bits per heavy atom. The molecular formula is C18H12N4O3S. The van der Waals surface area contributed by atoms with Crippen LogP contribution in [0.1, 0.15) is 5.56 Å². The van der Waals surface area contributed by atoms with Crippen molar-refractivity contribution in [3.63, 3.8) is 0 Å². The number of benzene rings is 2. The molecule has 0 atom stereocenters. The van der Waals surface area contributed by atoms with Crippen LogP contribution in [0.15, 0.2) is 69.4 Å². The van der Waals surface area contributed by atoms with Gasteiger partial charge in [0, 0.05) is 11.1 Å². The van der Waals surface area contributed by atoms with Gasteiger partial charge in [-0.25, -0.2) is 4.98 Å². The van der Waals surface area contributed by atoms with Gasteiger partial charge >= 0.3 is 0 Å². The largest absolute Gasteiger partial charge is 0.411 e. The summed E-state index contributed by atoms with van der Waals surface area (Å²) in [5.74, 6) is 0.419. The van der Waals surface area contributed by atoms with Crippen LogP contribution >= 0.6 is 11.8 Å². The molecule has 0 spiro atoms. The first-order chi connectivity index (χ1) is 12.6. The lowest BCUT2D eigenvalue weighted by Crippen LogP contribution is -1.93. The summed E-state index contributed by atoms with van der Waals surface area (Å²) in [7, 11) is 0. The van der Waals surface area contributed by atoms with Crippen LogP contribution in [0.4, 0.5) is 5.69 Å². The van der Waals surface area contributed by atoms with E-state index >= 15 is 0 Å². The molecule has 0 saturated carbocycles. The molecule has 0 unspecified atom stereocenters. The highest BCUT2D eigenvalue weighted by Crippen LogP contribution is 2.32. The second-order valence-corrected chi connectivity index (χ2v) is 6.54. The third kappa shape index (κ3) is 3.02. The SMILES string of the molecule is Cc1cc(Sc2nnc(-c3cccc4ccccc34)o2)ncc1[N+](=O)[O-]. The smallest absolute Gasteiger partial charge is 0.290 e. The third-order valence-electron chi connectivity index (χ3n) is 3.87. The lowest BCUT2D eigenvalue weighted by atomic mass is 10.0. The average Bonchev–Trinajstić information content (AvgIpc) is 3.09. The van der Waals surface area contributed by atoms with Crippen molar-refractivity contribution < 1.29 is 9.34 Å². The molecule has 128 valence electrons. The summed E-state index contributed by atoms with van der Waals surface area (Å²) >= 11 is 1.17. The minimum absolute atomic E-state index is 0.0173. The summed E-state index contributed by atoms with van der Waals surface area (Å²) in [5.41, 5.74) is 1.37. The minimum Gasteiger partial charge on any atom is -0.411 e. The minimum atomic E-state index is -0.456. The predicted octanol–water partition coefficient (Wildman–Crippen LogP) is 4.65. The van der Waals surface area contributed by atoms with E-state index in [0.29, 0.717) is 21.7 Å². The van der Waals surface area contributed by atoms with Crippen molar-refractivity contribution in [1.82, 2.24) is 15.2 Å². The van der Waals surface area contributed by atoms with Gasteiger partial charge in [0.2, 0.25) is 5.89 Å². The number of hydrogen-bond donors (Lipinski definition) is 0. The Kier molecular flexibility index (Phi) is 4.10. The maximum Gasteiger partial charge on any atom is 0.290 e. The maximum absolute atomic E-state index is 10.9. The van der Waals surface area contributed by atoms with E-state index in [1.807, 2.05) is 42.5 Å². The van der Waals surface area contributed by atoms with Crippen molar-refractivity contribution in [1.29, 1.82) is 0 Å². The van der Waals surface area contributed by atoms with Gasteiger partial charge in [-0.15, -0.1) is 10.2 Å². The van der Waals surface area contributed by atoms with Gasteiger partial charge in [-0.1, -0.05) is 36.4 Å². The Morgan fingerprint density at radius 3 is 2.73 bits per heavy atom. The van der Waals surface area contributed by atoms with Crippen LogP contribution in [0.2, 0.25) is 0 Å². The van der Waals surface area contributed by atoms with Crippen LogP contribution in [-0.2, 0) is 0 Å². The normalized spacial score (nSPS) is 11.0. The molecule has 4 aromatic rings. The van der Waals surface area contributed by atoms with E-state index in [1.165, 1.54) is 18.0 Å². The summed E-state index contributed by atoms with van der Waals surface area (Å²) in [6.45, 7) is 1.67. The highest BCUT2D eigenvalue weighted by molar-refractivity contribution is 7.99. The van der Waals surface area contributed by atoms with E-state index in [9.17, 15) is 10.1 Å². The number of nitro groups is 1. The first-order valence-corrected chi connectivity index (χ1v) is 8.54. The molecule has 0 saturated heterocycles. The molecule has 26 heavy (non-hydrogen) atoms. The van der Waals surface area contributed by atoms with E-state index < -0.39 is 4.92 Å². The molecule has 0 aliphatic carbocycles. The standard InChI is InChI=1S/C18H12N4O3S/c1-11-9-16(19-10-15(11)22(23)24)26-18-21-20-17(25-18)14-8-4-6-12-5-2-3-7-13(12)14/h2-10H,1H3. The van der Waals surface area contributed by atoms with Gasteiger partial charge in [-0.05, 0) is 41.6 Å². The molecule has 4 rings (SSSR count). The highest BCUT2D eigenvalue weighted by atomic mass is 32.2. The van der Waals surface area contributed by atoms with Crippen LogP contribution < -0.4 is 0 Å². The molecule has 0 bridgehead atoms. The lowest BCUT2D eigenvalue weighted by molar-refractivity contribution is -0.385. The predicted molar refractivity (Wildman–Crippen MR) is 97.0 cm³/mol. The Hall–Kier alpha value is -3.26. The first kappa shape index (κ1) is 16.2. The summed E-state index contributed by atoms with van der Waals surface area (Å²) in [6.07, 6.45) is 1.24. The molecule has 8 heteroatoms. The van der Waals surface area contributed by atoms with Crippen LogP contribution in [0.5, 0.6) is 0 Å². The summed E-state index contributed by atoms with van der Waals surface area (Å²) < 4.78 is 5.77. The van der Waals surface area contributed by atoms with Crippen LogP contribution in [-0.4, -0.2) is 20.1 Å². The number of hydrogen-bond acceptors (Lipinski definition) is 7. The zero-order valence-corrected chi connectivity index (χ0v) is 14.4. The topological polar surface area (TPSA) is 95.0 Å². The second kappa shape index (κ2) is 6.57. The molecule has 7 nitrogen and oxygen atoms in total. The Bertz CT molecular complexity index is 1120. The van der Waals surface area contributed by atoms with E-state index in [1.54, 1.807) is 13.0 Å². The number of fused-ring (bicyclic) bond motifs is 1. The number of aromatic nitrogens is 3. The fourth-order valence-corrected chi connectivity index (χ4v) is 3.35. The number of pyridine rings is 1. The fraction of sp³-hybridized carbons (Fsp3) is 0.0556. The summed E-state index contributed by atoms with van der Waals surface area (Å²) in [4.78, 5) is 14.5. The molecule has 2 aromatic carbocycles. The van der Waals surface area contributed by atoms with Crippen LogP contribution in [0.3, 0.4) is 0 Å². The maximum atomic E-state index is 10.9. The lowest BCUT2D eigenvalue weighted by Gasteiger charge is -2.02. The molecular weight excluding hydrogens is 352 g/mol. The third-order valence-corrected chi connectivity index (χ3v) is 4.65. The van der Waals surface area contributed by atoms with Crippen molar-refractivity contribution >= 4 is 28.2 Å². The molecule has 0 radical (unpaired) electrons.